The van der Waals surface area contributed by atoms with E-state index in [1.807, 2.05) is 30.3 Å². The zero-order chi connectivity index (χ0) is 40.6. The molecule has 292 valence electrons. The third kappa shape index (κ3) is 8.69. The Morgan fingerprint density at radius 1 is 0.897 bits per heavy atom. The summed E-state index contributed by atoms with van der Waals surface area (Å²) in [5, 5.41) is 19.7. The molecule has 3 aliphatic rings. The van der Waals surface area contributed by atoms with Crippen LogP contribution in [0, 0.1) is 29.1 Å². The molecule has 3 aromatic carbocycles. The number of benzene rings is 3. The number of carbonyl (C=O) groups excluding carboxylic acids is 6. The molecule has 3 aliphatic heterocycles. The molecule has 4 heterocycles. The molecule has 58 heavy (non-hydrogen) atoms. The third-order valence-electron chi connectivity index (χ3n) is 10.2. The van der Waals surface area contributed by atoms with Gasteiger partial charge in [-0.2, -0.15) is 5.26 Å². The highest BCUT2D eigenvalue weighted by Gasteiger charge is 2.45. The fraction of sp³-hybridized carbons (Fsp3) is 0.279. The number of anilines is 3. The molecular weight excluding hydrogens is 739 g/mol. The molecule has 1 unspecified atom stereocenters. The summed E-state index contributed by atoms with van der Waals surface area (Å²) < 4.78 is 0. The Bertz CT molecular complexity index is 2370. The largest absolute Gasteiger partial charge is 0.371 e. The van der Waals surface area contributed by atoms with Gasteiger partial charge in [0.1, 0.15) is 12.6 Å². The van der Waals surface area contributed by atoms with Gasteiger partial charge >= 0.3 is 0 Å². The number of unbranched alkanes of at least 4 members (excludes halogenated alkanes) is 1. The summed E-state index contributed by atoms with van der Waals surface area (Å²) in [6.45, 7) is 1.88. The average Bonchev–Trinajstić information content (AvgIpc) is 3.50. The standard InChI is InChI=1S/C43H39N9O6/c44-21-24-46-38(54)29-10-8-27(9-11-29)34-18-23-47-43(49-34)48-31-12-14-32(15-13-31)51-25-19-30(20-26-51)39(55)45-22-3-1-2-5-28-6-4-7-33-37(28)42(58)52(41(33)57)35-16-17-36(53)50-40(35)56/h4,6-15,18,23,30,35H,1,3,16-17,19-20,22,24-26H2,(H,45,55)(H,46,54)(H,47,48,49)(H,50,53,56). The van der Waals surface area contributed by atoms with Crippen molar-refractivity contribution in [3.63, 3.8) is 0 Å². The lowest BCUT2D eigenvalue weighted by atomic mass is 9.95. The number of nitriles is 1. The van der Waals surface area contributed by atoms with Crippen molar-refractivity contribution in [3.8, 4) is 29.2 Å². The first kappa shape index (κ1) is 38.9. The van der Waals surface area contributed by atoms with Crippen molar-refractivity contribution < 1.29 is 28.8 Å². The molecule has 7 rings (SSSR count). The monoisotopic (exact) mass is 777 g/mol. The van der Waals surface area contributed by atoms with Gasteiger partial charge in [-0.05, 0) is 80.3 Å². The Labute approximate surface area is 334 Å². The van der Waals surface area contributed by atoms with Crippen LogP contribution in [-0.4, -0.2) is 82.5 Å². The van der Waals surface area contributed by atoms with Crippen molar-refractivity contribution in [1.29, 1.82) is 5.26 Å². The summed E-state index contributed by atoms with van der Waals surface area (Å²) in [6.07, 6.45) is 4.30. The topological polar surface area (TPSA) is 207 Å². The smallest absolute Gasteiger partial charge is 0.263 e. The molecule has 0 bridgehead atoms. The normalized spacial score (nSPS) is 16.4. The van der Waals surface area contributed by atoms with Gasteiger partial charge in [-0.3, -0.25) is 39.0 Å². The summed E-state index contributed by atoms with van der Waals surface area (Å²) in [6, 6.07) is 22.4. The van der Waals surface area contributed by atoms with Crippen LogP contribution >= 0.6 is 0 Å². The van der Waals surface area contributed by atoms with Gasteiger partial charge in [0, 0.05) is 72.7 Å². The number of carbonyl (C=O) groups is 6. The minimum atomic E-state index is -1.04. The Morgan fingerprint density at radius 3 is 2.41 bits per heavy atom. The molecule has 4 aromatic rings. The van der Waals surface area contributed by atoms with Crippen LogP contribution in [0.1, 0.15) is 75.2 Å². The molecule has 1 aromatic heterocycles. The van der Waals surface area contributed by atoms with E-state index in [-0.39, 0.29) is 48.2 Å². The average molecular weight is 778 g/mol. The molecule has 0 aliphatic carbocycles. The number of nitrogens with one attached hydrogen (secondary N) is 4. The van der Waals surface area contributed by atoms with Gasteiger partial charge in [0.05, 0.1) is 22.9 Å². The minimum absolute atomic E-state index is 0.0185. The Kier molecular flexibility index (Phi) is 11.8. The first-order chi connectivity index (χ1) is 28.2. The maximum atomic E-state index is 13.3. The van der Waals surface area contributed by atoms with Crippen LogP contribution in [0.15, 0.2) is 79.0 Å². The van der Waals surface area contributed by atoms with Crippen molar-refractivity contribution in [2.45, 2.75) is 44.6 Å². The molecule has 0 spiro atoms. The highest BCUT2D eigenvalue weighted by molar-refractivity contribution is 6.24. The summed E-state index contributed by atoms with van der Waals surface area (Å²) in [5.41, 5.74) is 4.57. The van der Waals surface area contributed by atoms with Crippen LogP contribution in [0.2, 0.25) is 0 Å². The molecule has 15 nitrogen and oxygen atoms in total. The van der Waals surface area contributed by atoms with E-state index < -0.39 is 29.7 Å². The third-order valence-corrected chi connectivity index (χ3v) is 10.2. The van der Waals surface area contributed by atoms with Crippen LogP contribution in [-0.2, 0) is 14.4 Å². The van der Waals surface area contributed by atoms with E-state index in [1.54, 1.807) is 48.7 Å². The molecule has 4 N–H and O–H groups in total. The minimum Gasteiger partial charge on any atom is -0.371 e. The number of fused-ring (bicyclic) bond motifs is 1. The molecule has 2 fully saturated rings. The van der Waals surface area contributed by atoms with Crippen LogP contribution < -0.4 is 26.2 Å². The van der Waals surface area contributed by atoms with E-state index in [1.165, 1.54) is 6.07 Å². The van der Waals surface area contributed by atoms with Crippen LogP contribution in [0.3, 0.4) is 0 Å². The van der Waals surface area contributed by atoms with E-state index in [9.17, 15) is 28.8 Å². The fourth-order valence-corrected chi connectivity index (χ4v) is 7.19. The number of piperidine rings is 2. The van der Waals surface area contributed by atoms with E-state index in [0.29, 0.717) is 42.2 Å². The lowest BCUT2D eigenvalue weighted by Crippen LogP contribution is -2.54. The Hall–Kier alpha value is -7.39. The molecule has 1 atom stereocenters. The number of nitrogens with zero attached hydrogens (tertiary/aromatic N) is 5. The number of imide groups is 2. The molecule has 0 radical (unpaired) electrons. The van der Waals surface area contributed by atoms with Crippen molar-refractivity contribution in [3.05, 3.63) is 101 Å². The summed E-state index contributed by atoms with van der Waals surface area (Å²) in [7, 11) is 0. The SMILES string of the molecule is N#CCNC(=O)c1ccc(-c2ccnc(Nc3ccc(N4CCC(C(=O)NCCCC#Cc5cccc6c5C(=O)N(C5CCC(=O)NC5=O)C6=O)CC4)cc3)n2)cc1. The maximum absolute atomic E-state index is 13.3. The van der Waals surface area contributed by atoms with Gasteiger partial charge in [0.15, 0.2) is 0 Å². The zero-order valence-corrected chi connectivity index (χ0v) is 31.4. The number of hydrogen-bond donors (Lipinski definition) is 4. The molecule has 15 heteroatoms. The second kappa shape index (κ2) is 17.6. The quantitative estimate of drug-likeness (QED) is 0.0748. The summed E-state index contributed by atoms with van der Waals surface area (Å²) in [5.74, 6) is 3.82. The molecule has 6 amide bonds. The van der Waals surface area contributed by atoms with Gasteiger partial charge in [0.25, 0.3) is 17.7 Å². The number of hydrogen-bond acceptors (Lipinski definition) is 11. The zero-order valence-electron chi connectivity index (χ0n) is 31.4. The second-order valence-electron chi connectivity index (χ2n) is 14.0. The molecule has 0 saturated carbocycles. The van der Waals surface area contributed by atoms with E-state index >= 15 is 0 Å². The van der Waals surface area contributed by atoms with Crippen molar-refractivity contribution in [2.75, 3.05) is 36.4 Å². The van der Waals surface area contributed by atoms with E-state index in [4.69, 9.17) is 5.26 Å². The molecular formula is C43H39N9O6. The predicted octanol–water partition coefficient (Wildman–Crippen LogP) is 3.71. The van der Waals surface area contributed by atoms with Gasteiger partial charge in [-0.15, -0.1) is 0 Å². The first-order valence-electron chi connectivity index (χ1n) is 19.0. The van der Waals surface area contributed by atoms with Crippen LogP contribution in [0.5, 0.6) is 0 Å². The van der Waals surface area contributed by atoms with Crippen LogP contribution in [0.4, 0.5) is 17.3 Å². The van der Waals surface area contributed by atoms with Gasteiger partial charge in [0.2, 0.25) is 23.7 Å². The van der Waals surface area contributed by atoms with E-state index in [0.717, 1.165) is 47.8 Å². The highest BCUT2D eigenvalue weighted by Crippen LogP contribution is 2.30. The summed E-state index contributed by atoms with van der Waals surface area (Å²) >= 11 is 0. The lowest BCUT2D eigenvalue weighted by Gasteiger charge is -2.33. The molecule has 2 saturated heterocycles. The first-order valence-corrected chi connectivity index (χ1v) is 19.0. The van der Waals surface area contributed by atoms with E-state index in [2.05, 4.69) is 48.0 Å². The van der Waals surface area contributed by atoms with Gasteiger partial charge in [-0.25, -0.2) is 9.97 Å². The number of rotatable bonds is 11. The van der Waals surface area contributed by atoms with Crippen molar-refractivity contribution in [2.24, 2.45) is 5.92 Å². The Morgan fingerprint density at radius 2 is 1.67 bits per heavy atom. The van der Waals surface area contributed by atoms with Crippen LogP contribution in [0.25, 0.3) is 11.3 Å². The van der Waals surface area contributed by atoms with Gasteiger partial charge < -0.3 is 20.9 Å². The van der Waals surface area contributed by atoms with Gasteiger partial charge in [-0.1, -0.05) is 30.0 Å². The van der Waals surface area contributed by atoms with Crippen molar-refractivity contribution in [1.82, 2.24) is 30.8 Å². The Balaban J connectivity index is 0.841. The number of aromatic nitrogens is 2. The second-order valence-corrected chi connectivity index (χ2v) is 14.0. The maximum Gasteiger partial charge on any atom is 0.263 e. The highest BCUT2D eigenvalue weighted by atomic mass is 16.2. The predicted molar refractivity (Wildman–Crippen MR) is 212 cm³/mol. The summed E-state index contributed by atoms with van der Waals surface area (Å²) in [4.78, 5) is 87.5. The lowest BCUT2D eigenvalue weighted by molar-refractivity contribution is -0.136. The number of amides is 6. The van der Waals surface area contributed by atoms with Crippen molar-refractivity contribution >= 4 is 52.8 Å². The fourth-order valence-electron chi connectivity index (χ4n) is 7.19.